The van der Waals surface area contributed by atoms with Gasteiger partial charge in [-0.15, -0.1) is 0 Å². The van der Waals surface area contributed by atoms with E-state index in [2.05, 4.69) is 9.97 Å². The minimum atomic E-state index is -4.07. The summed E-state index contributed by atoms with van der Waals surface area (Å²) in [5, 5.41) is -0.182. The second-order valence-electron chi connectivity index (χ2n) is 6.64. The van der Waals surface area contributed by atoms with Crippen LogP contribution in [0.25, 0.3) is 0 Å². The third-order valence-corrected chi connectivity index (χ3v) is 5.55. The van der Waals surface area contributed by atoms with Gasteiger partial charge in [0.15, 0.2) is 0 Å². The number of para-hydroxylation sites is 1. The molecule has 0 fully saturated rings. The molecule has 0 aliphatic rings. The van der Waals surface area contributed by atoms with Crippen LogP contribution < -0.4 is 4.18 Å². The van der Waals surface area contributed by atoms with Crippen molar-refractivity contribution in [3.05, 3.63) is 114 Å². The molecule has 146 valence electrons. The lowest BCUT2D eigenvalue weighted by atomic mass is 10.0. The average molecular weight is 404 g/mol. The van der Waals surface area contributed by atoms with E-state index in [-0.39, 0.29) is 10.9 Å². The number of imidazole rings is 1. The molecule has 0 saturated heterocycles. The summed E-state index contributed by atoms with van der Waals surface area (Å²) in [7, 11) is -4.07. The van der Waals surface area contributed by atoms with Gasteiger partial charge in [0.2, 0.25) is 0 Å². The number of rotatable bonds is 7. The van der Waals surface area contributed by atoms with Crippen molar-refractivity contribution in [1.29, 1.82) is 0 Å². The Balaban J connectivity index is 1.68. The summed E-state index contributed by atoms with van der Waals surface area (Å²) in [4.78, 5) is 7.39. The van der Waals surface area contributed by atoms with Gasteiger partial charge >= 0.3 is 10.1 Å². The first-order valence-electron chi connectivity index (χ1n) is 9.25. The van der Waals surface area contributed by atoms with Crippen molar-refractivity contribution < 1.29 is 12.6 Å². The molecule has 0 unspecified atom stereocenters. The predicted molar refractivity (Wildman–Crippen MR) is 111 cm³/mol. The minimum absolute atomic E-state index is 0.182. The topological polar surface area (TPSA) is 72.1 Å². The number of hydrogen-bond donors (Lipinski definition) is 1. The number of nitrogens with one attached hydrogen (secondary N) is 1. The van der Waals surface area contributed by atoms with Crippen molar-refractivity contribution in [3.63, 3.8) is 0 Å². The van der Waals surface area contributed by atoms with E-state index in [1.54, 1.807) is 30.3 Å². The van der Waals surface area contributed by atoms with Crippen LogP contribution in [0, 0.1) is 0 Å². The van der Waals surface area contributed by atoms with Crippen molar-refractivity contribution in [3.8, 4) is 5.75 Å². The van der Waals surface area contributed by atoms with Crippen molar-refractivity contribution in [1.82, 2.24) is 9.97 Å². The Labute approximate surface area is 170 Å². The Hall–Kier alpha value is -3.38. The lowest BCUT2D eigenvalue weighted by Crippen LogP contribution is -2.11. The van der Waals surface area contributed by atoms with Crippen LogP contribution in [-0.4, -0.2) is 18.4 Å². The highest BCUT2D eigenvalue weighted by molar-refractivity contribution is 7.86. The third-order valence-electron chi connectivity index (χ3n) is 4.47. The average Bonchev–Trinajstić information content (AvgIpc) is 3.13. The molecule has 0 bridgehead atoms. The van der Waals surface area contributed by atoms with Gasteiger partial charge in [0.25, 0.3) is 5.16 Å². The van der Waals surface area contributed by atoms with Crippen LogP contribution in [0.15, 0.2) is 96.2 Å². The zero-order chi connectivity index (χ0) is 20.1. The molecule has 0 atom stereocenters. The van der Waals surface area contributed by atoms with E-state index >= 15 is 0 Å². The van der Waals surface area contributed by atoms with Crippen LogP contribution in [0.2, 0.25) is 0 Å². The van der Waals surface area contributed by atoms with Crippen LogP contribution in [0.5, 0.6) is 5.75 Å². The summed E-state index contributed by atoms with van der Waals surface area (Å²) in [5.74, 6) is 0.248. The van der Waals surface area contributed by atoms with E-state index in [9.17, 15) is 8.42 Å². The lowest BCUT2D eigenvalue weighted by Gasteiger charge is -2.04. The molecular formula is C23H20N2O3S. The van der Waals surface area contributed by atoms with Gasteiger partial charge < -0.3 is 9.17 Å². The Bertz CT molecular complexity index is 1110. The number of hydrogen-bond acceptors (Lipinski definition) is 4. The first-order valence-corrected chi connectivity index (χ1v) is 10.7. The van der Waals surface area contributed by atoms with Gasteiger partial charge in [-0.1, -0.05) is 78.9 Å². The predicted octanol–water partition coefficient (Wildman–Crippen LogP) is 4.36. The third kappa shape index (κ3) is 4.73. The smallest absolute Gasteiger partial charge is 0.373 e. The second-order valence-corrected chi connectivity index (χ2v) is 8.10. The summed E-state index contributed by atoms with van der Waals surface area (Å²) < 4.78 is 30.7. The highest BCUT2D eigenvalue weighted by Crippen LogP contribution is 2.21. The van der Waals surface area contributed by atoms with Crippen LogP contribution in [0.3, 0.4) is 0 Å². The molecule has 1 heterocycles. The summed E-state index contributed by atoms with van der Waals surface area (Å²) >= 11 is 0. The largest absolute Gasteiger partial charge is 0.377 e. The van der Waals surface area contributed by atoms with Crippen molar-refractivity contribution in [2.45, 2.75) is 18.0 Å². The standard InChI is InChI=1S/C23H20N2O3S/c26-29(27,28-20-14-8-3-9-15-20)23-24-21(16-18-10-4-1-5-11-18)22(25-23)17-19-12-6-2-7-13-19/h1-15H,16-17H2,(H,24,25). The molecule has 4 rings (SSSR count). The van der Waals surface area contributed by atoms with E-state index in [1.807, 2.05) is 60.7 Å². The number of aromatic amines is 1. The van der Waals surface area contributed by atoms with Crippen molar-refractivity contribution >= 4 is 10.1 Å². The molecule has 29 heavy (non-hydrogen) atoms. The molecular weight excluding hydrogens is 384 g/mol. The summed E-state index contributed by atoms with van der Waals surface area (Å²) in [6.07, 6.45) is 1.08. The lowest BCUT2D eigenvalue weighted by molar-refractivity contribution is 0.478. The Morgan fingerprint density at radius 1 is 0.724 bits per heavy atom. The summed E-state index contributed by atoms with van der Waals surface area (Å²) in [6, 6.07) is 28.1. The van der Waals surface area contributed by atoms with Crippen molar-refractivity contribution in [2.75, 3.05) is 0 Å². The Morgan fingerprint density at radius 2 is 1.24 bits per heavy atom. The van der Waals surface area contributed by atoms with Gasteiger partial charge in [0.05, 0.1) is 5.69 Å². The fourth-order valence-corrected chi connectivity index (χ4v) is 3.98. The number of H-pyrrole nitrogens is 1. The molecule has 5 nitrogen and oxygen atoms in total. The first kappa shape index (κ1) is 19.0. The molecule has 0 aliphatic heterocycles. The van der Waals surface area contributed by atoms with Gasteiger partial charge in [-0.2, -0.15) is 8.42 Å². The molecule has 0 spiro atoms. The first-order chi connectivity index (χ1) is 14.1. The van der Waals surface area contributed by atoms with Crippen LogP contribution in [-0.2, 0) is 23.0 Å². The van der Waals surface area contributed by atoms with Gasteiger partial charge in [0, 0.05) is 18.5 Å². The summed E-state index contributed by atoms with van der Waals surface area (Å²) in [6.45, 7) is 0. The molecule has 0 amide bonds. The maximum atomic E-state index is 12.8. The zero-order valence-electron chi connectivity index (χ0n) is 15.7. The van der Waals surface area contributed by atoms with Gasteiger partial charge in [-0.25, -0.2) is 4.98 Å². The summed E-state index contributed by atoms with van der Waals surface area (Å²) in [5.41, 5.74) is 3.57. The van der Waals surface area contributed by atoms with Gasteiger partial charge in [0.1, 0.15) is 5.75 Å². The molecule has 6 heteroatoms. The molecule has 1 N–H and O–H groups in total. The van der Waals surface area contributed by atoms with Crippen molar-refractivity contribution in [2.24, 2.45) is 0 Å². The van der Waals surface area contributed by atoms with E-state index in [4.69, 9.17) is 4.18 Å². The molecule has 0 radical (unpaired) electrons. The normalized spacial score (nSPS) is 11.3. The van der Waals surface area contributed by atoms with E-state index in [0.717, 1.165) is 16.8 Å². The van der Waals surface area contributed by atoms with Crippen LogP contribution >= 0.6 is 0 Å². The maximum absolute atomic E-state index is 12.8. The fraction of sp³-hybridized carbons (Fsp3) is 0.0870. The zero-order valence-corrected chi connectivity index (χ0v) is 16.5. The fourth-order valence-electron chi connectivity index (χ4n) is 3.06. The molecule has 4 aromatic rings. The Morgan fingerprint density at radius 3 is 1.83 bits per heavy atom. The highest BCUT2D eigenvalue weighted by Gasteiger charge is 2.24. The quantitative estimate of drug-likeness (QED) is 0.465. The van der Waals surface area contributed by atoms with Crippen LogP contribution in [0.4, 0.5) is 0 Å². The monoisotopic (exact) mass is 404 g/mol. The van der Waals surface area contributed by atoms with Gasteiger partial charge in [-0.05, 0) is 23.3 Å². The number of aromatic nitrogens is 2. The van der Waals surface area contributed by atoms with E-state index in [0.29, 0.717) is 18.5 Å². The molecule has 0 saturated carbocycles. The van der Waals surface area contributed by atoms with Gasteiger partial charge in [-0.3, -0.25) is 0 Å². The number of benzene rings is 3. The SMILES string of the molecule is O=S(=O)(Oc1ccccc1)c1nc(Cc2ccccc2)c(Cc2ccccc2)[nH]1. The molecule has 3 aromatic carbocycles. The molecule has 1 aromatic heterocycles. The van der Waals surface area contributed by atoms with E-state index < -0.39 is 10.1 Å². The molecule has 0 aliphatic carbocycles. The highest BCUT2D eigenvalue weighted by atomic mass is 32.2. The minimum Gasteiger partial charge on any atom is -0.377 e. The van der Waals surface area contributed by atoms with E-state index in [1.165, 1.54) is 0 Å². The maximum Gasteiger partial charge on any atom is 0.373 e. The van der Waals surface area contributed by atoms with Crippen LogP contribution in [0.1, 0.15) is 22.5 Å². The Kier molecular flexibility index (Phi) is 5.44. The number of nitrogens with zero attached hydrogens (tertiary/aromatic N) is 1. The second kappa shape index (κ2) is 8.32.